The average Bonchev–Trinajstić information content (AvgIpc) is 2.62. The first-order valence-corrected chi connectivity index (χ1v) is 9.25. The van der Waals surface area contributed by atoms with Crippen LogP contribution in [0.1, 0.15) is 27.2 Å². The Balaban J connectivity index is 1.95. The average molecular weight is 414 g/mol. The summed E-state index contributed by atoms with van der Waals surface area (Å²) in [6.07, 6.45) is -2.87. The molecule has 0 spiro atoms. The third kappa shape index (κ3) is 6.78. The quantitative estimate of drug-likeness (QED) is 0.691. The summed E-state index contributed by atoms with van der Waals surface area (Å²) in [6.45, 7) is 6.90. The number of hydrogen-bond acceptors (Lipinski definition) is 6. The van der Waals surface area contributed by atoms with Crippen LogP contribution >= 0.6 is 0 Å². The molecule has 2 rings (SSSR count). The highest BCUT2D eigenvalue weighted by molar-refractivity contribution is 5.82. The summed E-state index contributed by atoms with van der Waals surface area (Å²) in [5.41, 5.74) is -1.00. The van der Waals surface area contributed by atoms with E-state index in [-0.39, 0.29) is 30.4 Å². The Bertz CT molecular complexity index is 749. The number of carbonyl (C=O) groups excluding carboxylic acids is 1. The number of hydrogen-bond donors (Lipinski definition) is 1. The van der Waals surface area contributed by atoms with Crippen LogP contribution in [0.4, 0.5) is 13.2 Å². The van der Waals surface area contributed by atoms with Crippen molar-refractivity contribution in [3.05, 3.63) is 18.3 Å². The fraction of sp³-hybridized carbons (Fsp3) is 0.632. The van der Waals surface area contributed by atoms with E-state index >= 15 is 0 Å². The number of nitriles is 1. The lowest BCUT2D eigenvalue weighted by Gasteiger charge is -2.37. The number of rotatable bonds is 7. The van der Waals surface area contributed by atoms with Gasteiger partial charge in [-0.1, -0.05) is 6.92 Å². The maximum absolute atomic E-state index is 12.7. The summed E-state index contributed by atoms with van der Waals surface area (Å²) in [5.74, 6) is -0.990. The van der Waals surface area contributed by atoms with Crippen molar-refractivity contribution < 1.29 is 27.4 Å². The highest BCUT2D eigenvalue weighted by atomic mass is 19.4. The molecule has 0 unspecified atom stereocenters. The van der Waals surface area contributed by atoms with E-state index in [9.17, 15) is 18.0 Å². The second-order valence-electron chi connectivity index (χ2n) is 7.77. The zero-order chi connectivity index (χ0) is 21.7. The fourth-order valence-electron chi connectivity index (χ4n) is 3.05. The number of halogens is 3. The molecule has 10 heteroatoms. The van der Waals surface area contributed by atoms with E-state index < -0.39 is 17.5 Å². The van der Waals surface area contributed by atoms with Crippen molar-refractivity contribution in [1.29, 1.82) is 5.26 Å². The molecule has 0 radical (unpaired) electrons. The molecule has 0 aromatic carbocycles. The molecule has 1 saturated heterocycles. The maximum atomic E-state index is 12.7. The van der Waals surface area contributed by atoms with E-state index in [0.29, 0.717) is 19.6 Å². The molecule has 2 atom stereocenters. The van der Waals surface area contributed by atoms with Gasteiger partial charge in [0.2, 0.25) is 5.91 Å². The number of pyridine rings is 1. The number of nitrogens with one attached hydrogen (secondary N) is 1. The van der Waals surface area contributed by atoms with Crippen molar-refractivity contribution in [3.8, 4) is 17.7 Å². The van der Waals surface area contributed by atoms with Gasteiger partial charge in [0.25, 0.3) is 5.88 Å². The lowest BCUT2D eigenvalue weighted by Crippen LogP contribution is -2.53. The minimum absolute atomic E-state index is 0.0457. The molecule has 7 nitrogen and oxygen atoms in total. The highest BCUT2D eigenvalue weighted by Gasteiger charge is 2.35. The summed E-state index contributed by atoms with van der Waals surface area (Å²) in [6, 6.07) is 4.47. The smallest absolute Gasteiger partial charge is 0.474 e. The van der Waals surface area contributed by atoms with E-state index in [1.54, 1.807) is 13.8 Å². The van der Waals surface area contributed by atoms with Crippen LogP contribution in [-0.2, 0) is 4.79 Å². The normalized spacial score (nSPS) is 20.6. The van der Waals surface area contributed by atoms with Gasteiger partial charge in [-0.15, -0.1) is 13.2 Å². The number of alkyl halides is 3. The molecule has 29 heavy (non-hydrogen) atoms. The standard InChI is InChI=1S/C19H25F3N4O3/c1-13-11-26(10-7-23)9-6-14(13)25-17(27)18(2,3)12-28-16-15(5-4-8-24-16)29-19(20,21)22/h4-5,8,13-14H,6,9-12H2,1-3H3,(H,25,27)/t13-,14-/m1/s1. The first-order valence-electron chi connectivity index (χ1n) is 9.25. The predicted octanol–water partition coefficient (Wildman–Crippen LogP) is 2.74. The SMILES string of the molecule is C[C@@H]1CN(CC#N)CC[C@H]1NC(=O)C(C)(C)COc1ncccc1OC(F)(F)F. The van der Waals surface area contributed by atoms with Crippen LogP contribution in [-0.4, -0.2) is 54.4 Å². The largest absolute Gasteiger partial charge is 0.573 e. The van der Waals surface area contributed by atoms with E-state index in [1.165, 1.54) is 12.3 Å². The summed E-state index contributed by atoms with van der Waals surface area (Å²) in [5, 5.41) is 11.8. The summed E-state index contributed by atoms with van der Waals surface area (Å²) in [4.78, 5) is 18.5. The Hall–Kier alpha value is -2.54. The summed E-state index contributed by atoms with van der Waals surface area (Å²) < 4.78 is 46.8. The Morgan fingerprint density at radius 2 is 2.17 bits per heavy atom. The van der Waals surface area contributed by atoms with Crippen molar-refractivity contribution in [2.24, 2.45) is 11.3 Å². The van der Waals surface area contributed by atoms with E-state index in [4.69, 9.17) is 10.00 Å². The summed E-state index contributed by atoms with van der Waals surface area (Å²) >= 11 is 0. The fourth-order valence-corrected chi connectivity index (χ4v) is 3.05. The molecule has 1 N–H and O–H groups in total. The van der Waals surface area contributed by atoms with Gasteiger partial charge in [0.05, 0.1) is 18.0 Å². The molecular weight excluding hydrogens is 389 g/mol. The van der Waals surface area contributed by atoms with Crippen LogP contribution in [0.2, 0.25) is 0 Å². The van der Waals surface area contributed by atoms with Gasteiger partial charge in [-0.05, 0) is 38.3 Å². The molecule has 1 aliphatic rings. The zero-order valence-corrected chi connectivity index (χ0v) is 16.6. The molecule has 0 bridgehead atoms. The van der Waals surface area contributed by atoms with Gasteiger partial charge in [0, 0.05) is 25.3 Å². The van der Waals surface area contributed by atoms with Crippen molar-refractivity contribution >= 4 is 5.91 Å². The van der Waals surface area contributed by atoms with Crippen molar-refractivity contribution in [3.63, 3.8) is 0 Å². The predicted molar refractivity (Wildman–Crippen MR) is 98.0 cm³/mol. The van der Waals surface area contributed by atoms with Crippen molar-refractivity contribution in [2.75, 3.05) is 26.2 Å². The van der Waals surface area contributed by atoms with E-state index in [2.05, 4.69) is 21.1 Å². The van der Waals surface area contributed by atoms with Crippen LogP contribution < -0.4 is 14.8 Å². The van der Waals surface area contributed by atoms with Gasteiger partial charge in [-0.3, -0.25) is 9.69 Å². The van der Waals surface area contributed by atoms with E-state index in [0.717, 1.165) is 12.5 Å². The molecule has 1 aromatic rings. The van der Waals surface area contributed by atoms with Gasteiger partial charge in [0.15, 0.2) is 5.75 Å². The minimum atomic E-state index is -4.87. The topological polar surface area (TPSA) is 87.5 Å². The molecule has 1 amide bonds. The summed E-state index contributed by atoms with van der Waals surface area (Å²) in [7, 11) is 0. The molecule has 1 aromatic heterocycles. The second kappa shape index (κ2) is 9.31. The first-order chi connectivity index (χ1) is 13.5. The van der Waals surface area contributed by atoms with Crippen molar-refractivity contribution in [1.82, 2.24) is 15.2 Å². The van der Waals surface area contributed by atoms with Crippen LogP contribution in [0.15, 0.2) is 18.3 Å². The van der Waals surface area contributed by atoms with Crippen molar-refractivity contribution in [2.45, 2.75) is 39.6 Å². The Morgan fingerprint density at radius 3 is 2.79 bits per heavy atom. The van der Waals surface area contributed by atoms with Crippen LogP contribution in [0.5, 0.6) is 11.6 Å². The molecular formula is C19H25F3N4O3. The second-order valence-corrected chi connectivity index (χ2v) is 7.77. The molecule has 160 valence electrons. The minimum Gasteiger partial charge on any atom is -0.474 e. The lowest BCUT2D eigenvalue weighted by molar-refractivity contribution is -0.275. The number of likely N-dealkylation sites (tertiary alicyclic amines) is 1. The van der Waals surface area contributed by atoms with Crippen LogP contribution in [0.3, 0.4) is 0 Å². The van der Waals surface area contributed by atoms with Gasteiger partial charge < -0.3 is 14.8 Å². The lowest BCUT2D eigenvalue weighted by atomic mass is 9.89. The third-order valence-electron chi connectivity index (χ3n) is 4.75. The molecule has 0 saturated carbocycles. The Kier molecular flexibility index (Phi) is 7.30. The van der Waals surface area contributed by atoms with Crippen LogP contribution in [0.25, 0.3) is 0 Å². The number of nitrogens with zero attached hydrogens (tertiary/aromatic N) is 3. The number of amides is 1. The van der Waals surface area contributed by atoms with E-state index in [1.807, 2.05) is 11.8 Å². The molecule has 0 aliphatic carbocycles. The number of ether oxygens (including phenoxy) is 2. The first kappa shape index (κ1) is 22.7. The van der Waals surface area contributed by atoms with Crippen LogP contribution in [0, 0.1) is 22.7 Å². The number of carbonyl (C=O) groups is 1. The maximum Gasteiger partial charge on any atom is 0.573 e. The third-order valence-corrected chi connectivity index (χ3v) is 4.75. The monoisotopic (exact) mass is 414 g/mol. The molecule has 2 heterocycles. The zero-order valence-electron chi connectivity index (χ0n) is 16.6. The number of piperidine rings is 1. The van der Waals surface area contributed by atoms with Gasteiger partial charge in [0.1, 0.15) is 6.61 Å². The highest BCUT2D eigenvalue weighted by Crippen LogP contribution is 2.31. The van der Waals surface area contributed by atoms with Gasteiger partial charge in [-0.2, -0.15) is 5.26 Å². The van der Waals surface area contributed by atoms with Gasteiger partial charge >= 0.3 is 6.36 Å². The Labute approximate surface area is 167 Å². The molecule has 1 aliphatic heterocycles. The number of aromatic nitrogens is 1. The molecule has 1 fully saturated rings. The van der Waals surface area contributed by atoms with Gasteiger partial charge in [-0.25, -0.2) is 4.98 Å². The Morgan fingerprint density at radius 1 is 1.45 bits per heavy atom.